The Hall–Kier alpha value is -2.47. The molecule has 1 heterocycles. The number of methoxy groups -OCH3 is 1. The molecule has 0 bridgehead atoms. The van der Waals surface area contributed by atoms with Crippen LogP contribution in [0, 0.1) is 6.92 Å². The van der Waals surface area contributed by atoms with Crippen molar-refractivity contribution in [1.29, 1.82) is 0 Å². The number of ether oxygens (including phenoxy) is 1. The van der Waals surface area contributed by atoms with Gasteiger partial charge in [-0.15, -0.1) is 0 Å². The first-order valence-electron chi connectivity index (χ1n) is 8.42. The van der Waals surface area contributed by atoms with Crippen LogP contribution < -0.4 is 4.74 Å². The predicted molar refractivity (Wildman–Crippen MR) is 100.0 cm³/mol. The van der Waals surface area contributed by atoms with Crippen molar-refractivity contribution >= 4 is 10.8 Å². The summed E-state index contributed by atoms with van der Waals surface area (Å²) in [6.45, 7) is 3.28. The van der Waals surface area contributed by atoms with Crippen molar-refractivity contribution in [2.24, 2.45) is 0 Å². The molecule has 0 aliphatic carbocycles. The molecule has 0 aliphatic heterocycles. The zero-order chi connectivity index (χ0) is 18.9. The molecule has 3 N–H and O–H groups in total. The van der Waals surface area contributed by atoms with E-state index in [1.54, 1.807) is 26.3 Å². The molecule has 136 valence electrons. The molecule has 0 amide bonds. The molecule has 5 heteroatoms. The quantitative estimate of drug-likeness (QED) is 0.657. The number of aryl methyl sites for hydroxylation is 1. The largest absolute Gasteiger partial charge is 0.496 e. The van der Waals surface area contributed by atoms with Crippen molar-refractivity contribution in [2.45, 2.75) is 32.7 Å². The van der Waals surface area contributed by atoms with Crippen LogP contribution in [0.15, 0.2) is 42.6 Å². The standard InChI is InChI=1S/C21H23NO4/c1-13-4-5-17(10-19(13)26-3)21(2,25)20-18-9-16(12-24)15(11-23)8-14(18)6-7-22-20/h4-10,23-25H,11-12H2,1-3H3. The molecular formula is C21H23NO4. The van der Waals surface area contributed by atoms with Crippen molar-refractivity contribution in [3.05, 3.63) is 70.5 Å². The van der Waals surface area contributed by atoms with Crippen LogP contribution in [0.5, 0.6) is 5.75 Å². The first-order chi connectivity index (χ1) is 12.4. The molecule has 3 rings (SSSR count). The number of aromatic nitrogens is 1. The van der Waals surface area contributed by atoms with Gasteiger partial charge in [-0.2, -0.15) is 0 Å². The van der Waals surface area contributed by atoms with Gasteiger partial charge >= 0.3 is 0 Å². The van der Waals surface area contributed by atoms with Gasteiger partial charge in [0.05, 0.1) is 26.0 Å². The number of benzene rings is 2. The monoisotopic (exact) mass is 353 g/mol. The van der Waals surface area contributed by atoms with Crippen LogP contribution in [0.4, 0.5) is 0 Å². The maximum Gasteiger partial charge on any atom is 0.129 e. The fourth-order valence-electron chi connectivity index (χ4n) is 3.25. The molecule has 1 aromatic heterocycles. The molecule has 0 radical (unpaired) electrons. The van der Waals surface area contributed by atoms with E-state index in [9.17, 15) is 15.3 Å². The second-order valence-corrected chi connectivity index (χ2v) is 6.57. The summed E-state index contributed by atoms with van der Waals surface area (Å²) in [5, 5.41) is 32.0. The minimum Gasteiger partial charge on any atom is -0.496 e. The summed E-state index contributed by atoms with van der Waals surface area (Å²) in [5.41, 5.74) is 2.05. The number of hydrogen-bond donors (Lipinski definition) is 3. The summed E-state index contributed by atoms with van der Waals surface area (Å²) in [6.07, 6.45) is 1.64. The summed E-state index contributed by atoms with van der Waals surface area (Å²) in [5.74, 6) is 0.696. The second-order valence-electron chi connectivity index (χ2n) is 6.57. The normalized spacial score (nSPS) is 13.6. The highest BCUT2D eigenvalue weighted by Crippen LogP contribution is 2.35. The van der Waals surface area contributed by atoms with Gasteiger partial charge in [-0.1, -0.05) is 12.1 Å². The van der Waals surface area contributed by atoms with E-state index in [-0.39, 0.29) is 13.2 Å². The number of rotatable bonds is 5. The van der Waals surface area contributed by atoms with E-state index in [2.05, 4.69) is 4.98 Å². The summed E-state index contributed by atoms with van der Waals surface area (Å²) < 4.78 is 5.38. The Kier molecular flexibility index (Phi) is 4.96. The molecule has 1 unspecified atom stereocenters. The van der Waals surface area contributed by atoms with Crippen molar-refractivity contribution in [2.75, 3.05) is 7.11 Å². The van der Waals surface area contributed by atoms with Crippen LogP contribution in [-0.2, 0) is 18.8 Å². The van der Waals surface area contributed by atoms with Gasteiger partial charge in [0.15, 0.2) is 0 Å². The molecule has 3 aromatic rings. The number of fused-ring (bicyclic) bond motifs is 1. The molecule has 26 heavy (non-hydrogen) atoms. The third-order valence-electron chi connectivity index (χ3n) is 4.86. The van der Waals surface area contributed by atoms with Gasteiger partial charge in [0, 0.05) is 11.6 Å². The van der Waals surface area contributed by atoms with Gasteiger partial charge in [0.1, 0.15) is 11.4 Å². The molecule has 2 aromatic carbocycles. The van der Waals surface area contributed by atoms with Crippen molar-refractivity contribution in [3.8, 4) is 5.75 Å². The SMILES string of the molecule is COc1cc(C(C)(O)c2nccc3cc(CO)c(CO)cc23)ccc1C. The number of aliphatic hydroxyl groups excluding tert-OH is 2. The van der Waals surface area contributed by atoms with E-state index < -0.39 is 5.60 Å². The molecule has 0 spiro atoms. The van der Waals surface area contributed by atoms with Crippen LogP contribution in [0.25, 0.3) is 10.8 Å². The van der Waals surface area contributed by atoms with E-state index in [1.165, 1.54) is 0 Å². The van der Waals surface area contributed by atoms with Crippen molar-refractivity contribution < 1.29 is 20.1 Å². The van der Waals surface area contributed by atoms with E-state index in [4.69, 9.17) is 4.74 Å². The third kappa shape index (κ3) is 3.05. The van der Waals surface area contributed by atoms with E-state index in [0.29, 0.717) is 28.1 Å². The molecule has 0 saturated carbocycles. The summed E-state index contributed by atoms with van der Waals surface area (Å²) >= 11 is 0. The molecule has 5 nitrogen and oxygen atoms in total. The maximum absolute atomic E-state index is 11.3. The van der Waals surface area contributed by atoms with Gasteiger partial charge in [0.2, 0.25) is 0 Å². The number of aliphatic hydroxyl groups is 3. The lowest BCUT2D eigenvalue weighted by molar-refractivity contribution is 0.0988. The average Bonchev–Trinajstić information content (AvgIpc) is 2.66. The lowest BCUT2D eigenvalue weighted by Crippen LogP contribution is -2.25. The fraction of sp³-hybridized carbons (Fsp3) is 0.286. The van der Waals surface area contributed by atoms with E-state index >= 15 is 0 Å². The Morgan fingerprint density at radius 1 is 1.04 bits per heavy atom. The molecule has 0 saturated heterocycles. The Morgan fingerprint density at radius 2 is 1.73 bits per heavy atom. The molecule has 0 aliphatic rings. The third-order valence-corrected chi connectivity index (χ3v) is 4.86. The van der Waals surface area contributed by atoms with Gasteiger partial charge in [-0.25, -0.2) is 0 Å². The number of pyridine rings is 1. The van der Waals surface area contributed by atoms with E-state index in [1.807, 2.05) is 37.3 Å². The Morgan fingerprint density at radius 3 is 2.38 bits per heavy atom. The first kappa shape index (κ1) is 18.3. The maximum atomic E-state index is 11.3. The minimum atomic E-state index is -1.35. The van der Waals surface area contributed by atoms with Gasteiger partial charge in [-0.3, -0.25) is 4.98 Å². The first-order valence-corrected chi connectivity index (χ1v) is 8.42. The van der Waals surface area contributed by atoms with Gasteiger partial charge in [-0.05, 0) is 65.8 Å². The molecule has 0 fully saturated rings. The predicted octanol–water partition coefficient (Wildman–Crippen LogP) is 2.79. The topological polar surface area (TPSA) is 82.8 Å². The lowest BCUT2D eigenvalue weighted by atomic mass is 9.87. The average molecular weight is 353 g/mol. The van der Waals surface area contributed by atoms with Gasteiger partial charge in [0.25, 0.3) is 0 Å². The highest BCUT2D eigenvalue weighted by molar-refractivity contribution is 5.87. The minimum absolute atomic E-state index is 0.158. The van der Waals surface area contributed by atoms with E-state index in [0.717, 1.165) is 16.3 Å². The summed E-state index contributed by atoms with van der Waals surface area (Å²) in [4.78, 5) is 4.43. The second kappa shape index (κ2) is 7.03. The summed E-state index contributed by atoms with van der Waals surface area (Å²) in [7, 11) is 1.60. The van der Waals surface area contributed by atoms with Crippen LogP contribution in [-0.4, -0.2) is 27.4 Å². The Bertz CT molecular complexity index is 950. The lowest BCUT2D eigenvalue weighted by Gasteiger charge is -2.26. The summed E-state index contributed by atoms with van der Waals surface area (Å²) in [6, 6.07) is 11.0. The zero-order valence-corrected chi connectivity index (χ0v) is 15.2. The number of nitrogens with zero attached hydrogens (tertiary/aromatic N) is 1. The smallest absolute Gasteiger partial charge is 0.129 e. The van der Waals surface area contributed by atoms with Gasteiger partial charge < -0.3 is 20.1 Å². The Balaban J connectivity index is 2.23. The van der Waals surface area contributed by atoms with Crippen molar-refractivity contribution in [1.82, 2.24) is 4.98 Å². The molecule has 1 atom stereocenters. The molecular weight excluding hydrogens is 330 g/mol. The Labute approximate surface area is 152 Å². The van der Waals surface area contributed by atoms with Crippen LogP contribution >= 0.6 is 0 Å². The number of hydrogen-bond acceptors (Lipinski definition) is 5. The highest BCUT2D eigenvalue weighted by atomic mass is 16.5. The zero-order valence-electron chi connectivity index (χ0n) is 15.2. The highest BCUT2D eigenvalue weighted by Gasteiger charge is 2.30. The van der Waals surface area contributed by atoms with Crippen molar-refractivity contribution in [3.63, 3.8) is 0 Å². The van der Waals surface area contributed by atoms with Crippen LogP contribution in [0.1, 0.15) is 34.9 Å². The van der Waals surface area contributed by atoms with Crippen LogP contribution in [0.3, 0.4) is 0 Å². The van der Waals surface area contributed by atoms with Crippen LogP contribution in [0.2, 0.25) is 0 Å². The fourth-order valence-corrected chi connectivity index (χ4v) is 3.25.